The molecule has 1 fully saturated rings. The molecular weight excluding hydrogens is 196 g/mol. The fourth-order valence-electron chi connectivity index (χ4n) is 3.59. The van der Waals surface area contributed by atoms with Gasteiger partial charge in [0, 0.05) is 10.8 Å². The Morgan fingerprint density at radius 1 is 0.938 bits per heavy atom. The second-order valence-electron chi connectivity index (χ2n) is 6.07. The fourth-order valence-corrected chi connectivity index (χ4v) is 3.59. The van der Waals surface area contributed by atoms with Crippen LogP contribution in [0.1, 0.15) is 37.8 Å². The summed E-state index contributed by atoms with van der Waals surface area (Å²) in [4.78, 5) is 12.5. The SMILES string of the molecule is CC12CCC(C)(Cc3ccccc3C1)C2=O. The fraction of sp³-hybridized carbons (Fsp3) is 0.533. The smallest absolute Gasteiger partial charge is 0.145 e. The lowest BCUT2D eigenvalue weighted by atomic mass is 9.78. The highest BCUT2D eigenvalue weighted by molar-refractivity contribution is 5.93. The molecule has 2 aliphatic carbocycles. The molecule has 1 aromatic rings. The highest BCUT2D eigenvalue weighted by Crippen LogP contribution is 2.51. The van der Waals surface area contributed by atoms with Crippen molar-refractivity contribution in [3.05, 3.63) is 35.4 Å². The molecule has 0 aliphatic heterocycles. The Balaban J connectivity index is 2.16. The number of hydrogen-bond donors (Lipinski definition) is 0. The van der Waals surface area contributed by atoms with Crippen molar-refractivity contribution in [2.24, 2.45) is 10.8 Å². The second-order valence-corrected chi connectivity index (χ2v) is 6.07. The largest absolute Gasteiger partial charge is 0.298 e. The lowest BCUT2D eigenvalue weighted by Gasteiger charge is -2.23. The molecule has 1 aromatic carbocycles. The first-order valence-corrected chi connectivity index (χ1v) is 6.15. The van der Waals surface area contributed by atoms with Crippen LogP contribution in [0.5, 0.6) is 0 Å². The number of hydrogen-bond acceptors (Lipinski definition) is 1. The zero-order valence-electron chi connectivity index (χ0n) is 10.0. The predicted octanol–water partition coefficient (Wildman–Crippen LogP) is 3.16. The average molecular weight is 214 g/mol. The molecule has 0 heterocycles. The lowest BCUT2D eigenvalue weighted by Crippen LogP contribution is -2.32. The van der Waals surface area contributed by atoms with Crippen LogP contribution in [0, 0.1) is 10.8 Å². The summed E-state index contributed by atoms with van der Waals surface area (Å²) >= 11 is 0. The van der Waals surface area contributed by atoms with Crippen molar-refractivity contribution in [2.45, 2.75) is 39.5 Å². The van der Waals surface area contributed by atoms with Gasteiger partial charge in [-0.25, -0.2) is 0 Å². The second kappa shape index (κ2) is 2.97. The summed E-state index contributed by atoms with van der Waals surface area (Å²) < 4.78 is 0. The lowest BCUT2D eigenvalue weighted by molar-refractivity contribution is -0.132. The van der Waals surface area contributed by atoms with E-state index < -0.39 is 0 Å². The summed E-state index contributed by atoms with van der Waals surface area (Å²) in [6.45, 7) is 4.31. The van der Waals surface area contributed by atoms with Crippen LogP contribution in [-0.4, -0.2) is 5.78 Å². The molecule has 0 spiro atoms. The molecule has 1 nitrogen and oxygen atoms in total. The standard InChI is InChI=1S/C15H18O/c1-14-7-8-15(2,13(14)16)10-12-6-4-3-5-11(12)9-14/h3-6H,7-10H2,1-2H3. The number of benzene rings is 1. The highest BCUT2D eigenvalue weighted by Gasteiger charge is 2.53. The summed E-state index contributed by atoms with van der Waals surface area (Å²) in [7, 11) is 0. The van der Waals surface area contributed by atoms with E-state index in [1.165, 1.54) is 11.1 Å². The molecule has 0 radical (unpaired) electrons. The summed E-state index contributed by atoms with van der Waals surface area (Å²) in [6, 6.07) is 8.57. The molecule has 2 bridgehead atoms. The molecule has 2 atom stereocenters. The Morgan fingerprint density at radius 2 is 1.38 bits per heavy atom. The first-order valence-electron chi connectivity index (χ1n) is 6.15. The minimum Gasteiger partial charge on any atom is -0.298 e. The molecule has 0 aromatic heterocycles. The molecule has 0 saturated heterocycles. The van der Waals surface area contributed by atoms with Crippen LogP contribution in [0.2, 0.25) is 0 Å². The molecule has 2 unspecified atom stereocenters. The van der Waals surface area contributed by atoms with Gasteiger partial charge in [-0.2, -0.15) is 0 Å². The Kier molecular flexibility index (Phi) is 1.87. The van der Waals surface area contributed by atoms with Crippen LogP contribution in [0.15, 0.2) is 24.3 Å². The summed E-state index contributed by atoms with van der Waals surface area (Å²) in [5.74, 6) is 0.496. The van der Waals surface area contributed by atoms with Crippen molar-refractivity contribution in [1.29, 1.82) is 0 Å². The van der Waals surface area contributed by atoms with Gasteiger partial charge in [-0.05, 0) is 36.8 Å². The summed E-state index contributed by atoms with van der Waals surface area (Å²) in [5.41, 5.74) is 2.59. The normalized spacial score (nSPS) is 37.0. The number of carbonyl (C=O) groups is 1. The van der Waals surface area contributed by atoms with Crippen LogP contribution in [-0.2, 0) is 17.6 Å². The Labute approximate surface area is 96.9 Å². The van der Waals surface area contributed by atoms with Gasteiger partial charge in [0.15, 0.2) is 0 Å². The van der Waals surface area contributed by atoms with E-state index in [0.717, 1.165) is 25.7 Å². The van der Waals surface area contributed by atoms with Crippen LogP contribution in [0.3, 0.4) is 0 Å². The molecule has 16 heavy (non-hydrogen) atoms. The van der Waals surface area contributed by atoms with Crippen molar-refractivity contribution in [3.8, 4) is 0 Å². The van der Waals surface area contributed by atoms with E-state index in [2.05, 4.69) is 38.1 Å². The minimum absolute atomic E-state index is 0.0959. The number of rotatable bonds is 0. The molecular formula is C15H18O. The third-order valence-electron chi connectivity index (χ3n) is 4.60. The monoisotopic (exact) mass is 214 g/mol. The maximum absolute atomic E-state index is 12.5. The first kappa shape index (κ1) is 10.1. The van der Waals surface area contributed by atoms with E-state index in [4.69, 9.17) is 0 Å². The molecule has 3 rings (SSSR count). The zero-order chi connectivity index (χ0) is 11.4. The van der Waals surface area contributed by atoms with E-state index in [0.29, 0.717) is 5.78 Å². The van der Waals surface area contributed by atoms with Crippen molar-refractivity contribution in [3.63, 3.8) is 0 Å². The zero-order valence-corrected chi connectivity index (χ0v) is 10.0. The van der Waals surface area contributed by atoms with Crippen LogP contribution in [0.25, 0.3) is 0 Å². The van der Waals surface area contributed by atoms with Gasteiger partial charge >= 0.3 is 0 Å². The van der Waals surface area contributed by atoms with Gasteiger partial charge in [-0.3, -0.25) is 4.79 Å². The van der Waals surface area contributed by atoms with Crippen molar-refractivity contribution in [1.82, 2.24) is 0 Å². The molecule has 0 amide bonds. The topological polar surface area (TPSA) is 17.1 Å². The van der Waals surface area contributed by atoms with Gasteiger partial charge in [-0.1, -0.05) is 38.1 Å². The van der Waals surface area contributed by atoms with Crippen molar-refractivity contribution < 1.29 is 4.79 Å². The van der Waals surface area contributed by atoms with Gasteiger partial charge in [0.2, 0.25) is 0 Å². The van der Waals surface area contributed by atoms with Crippen LogP contribution < -0.4 is 0 Å². The van der Waals surface area contributed by atoms with E-state index >= 15 is 0 Å². The van der Waals surface area contributed by atoms with E-state index in [9.17, 15) is 4.79 Å². The third kappa shape index (κ3) is 1.20. The van der Waals surface area contributed by atoms with Gasteiger partial charge in [0.1, 0.15) is 5.78 Å². The van der Waals surface area contributed by atoms with E-state index in [-0.39, 0.29) is 10.8 Å². The molecule has 0 N–H and O–H groups in total. The van der Waals surface area contributed by atoms with Crippen molar-refractivity contribution >= 4 is 5.78 Å². The highest BCUT2D eigenvalue weighted by atomic mass is 16.1. The number of Topliss-reactive ketones (excluding diaryl/α,β-unsaturated/α-hetero) is 1. The maximum atomic E-state index is 12.5. The van der Waals surface area contributed by atoms with Crippen molar-refractivity contribution in [2.75, 3.05) is 0 Å². The number of ketones is 1. The molecule has 2 aliphatic rings. The average Bonchev–Trinajstić information content (AvgIpc) is 2.42. The van der Waals surface area contributed by atoms with Gasteiger partial charge in [-0.15, -0.1) is 0 Å². The Morgan fingerprint density at radius 3 is 1.81 bits per heavy atom. The molecule has 1 saturated carbocycles. The minimum atomic E-state index is -0.0959. The summed E-state index contributed by atoms with van der Waals surface area (Å²) in [5, 5.41) is 0. The third-order valence-corrected chi connectivity index (χ3v) is 4.60. The maximum Gasteiger partial charge on any atom is 0.145 e. The van der Waals surface area contributed by atoms with Crippen LogP contribution >= 0.6 is 0 Å². The van der Waals surface area contributed by atoms with Crippen LogP contribution in [0.4, 0.5) is 0 Å². The van der Waals surface area contributed by atoms with Gasteiger partial charge in [0.05, 0.1) is 0 Å². The molecule has 84 valence electrons. The van der Waals surface area contributed by atoms with E-state index in [1.54, 1.807) is 0 Å². The number of carbonyl (C=O) groups excluding carboxylic acids is 1. The van der Waals surface area contributed by atoms with E-state index in [1.807, 2.05) is 0 Å². The predicted molar refractivity (Wildman–Crippen MR) is 64.3 cm³/mol. The summed E-state index contributed by atoms with van der Waals surface area (Å²) in [6.07, 6.45) is 4.02. The number of fused-ring (bicyclic) bond motifs is 3. The quantitative estimate of drug-likeness (QED) is 0.648. The van der Waals surface area contributed by atoms with Gasteiger partial charge < -0.3 is 0 Å². The Bertz CT molecular complexity index is 421. The molecule has 1 heteroatoms. The Hall–Kier alpha value is -1.11. The van der Waals surface area contributed by atoms with Gasteiger partial charge in [0.25, 0.3) is 0 Å². The first-order chi connectivity index (χ1) is 7.54.